The predicted molar refractivity (Wildman–Crippen MR) is 124 cm³/mol. The normalized spacial score (nSPS) is 13.5. The number of aryl methyl sites for hydroxylation is 2. The molecule has 1 amide bonds. The van der Waals surface area contributed by atoms with Gasteiger partial charge in [-0.1, -0.05) is 23.4 Å². The fourth-order valence-corrected chi connectivity index (χ4v) is 5.19. The van der Waals surface area contributed by atoms with Gasteiger partial charge in [0.15, 0.2) is 11.5 Å². The Labute approximate surface area is 190 Å². The number of benzene rings is 2. The van der Waals surface area contributed by atoms with Gasteiger partial charge in [0.2, 0.25) is 5.91 Å². The molecule has 0 radical (unpaired) electrons. The van der Waals surface area contributed by atoms with Gasteiger partial charge in [-0.25, -0.2) is 0 Å². The van der Waals surface area contributed by atoms with Crippen LogP contribution in [0.25, 0.3) is 21.2 Å². The predicted octanol–water partition coefficient (Wildman–Crippen LogP) is 5.15. The van der Waals surface area contributed by atoms with Gasteiger partial charge in [0.25, 0.3) is 0 Å². The van der Waals surface area contributed by atoms with Crippen molar-refractivity contribution in [3.05, 3.63) is 64.4 Å². The van der Waals surface area contributed by atoms with Gasteiger partial charge in [0.1, 0.15) is 12.4 Å². The highest BCUT2D eigenvalue weighted by atomic mass is 32.1. The zero-order valence-electron chi connectivity index (χ0n) is 18.3. The molecule has 5 rings (SSSR count). The maximum atomic E-state index is 13.1. The van der Waals surface area contributed by atoms with Crippen LogP contribution < -0.4 is 9.47 Å². The van der Waals surface area contributed by atoms with Gasteiger partial charge in [-0.3, -0.25) is 4.79 Å². The van der Waals surface area contributed by atoms with E-state index in [-0.39, 0.29) is 12.3 Å². The van der Waals surface area contributed by atoms with Crippen molar-refractivity contribution >= 4 is 27.3 Å². The third-order valence-corrected chi connectivity index (χ3v) is 6.94. The average Bonchev–Trinajstić information content (AvgIpc) is 3.28. The lowest BCUT2D eigenvalue weighted by molar-refractivity contribution is -0.131. The lowest BCUT2D eigenvalue weighted by Crippen LogP contribution is -2.33. The van der Waals surface area contributed by atoms with E-state index in [4.69, 9.17) is 14.0 Å². The standard InChI is InChI=1S/C25H24N2O4S/c1-15-20(16(2)31-26-15)12-24(28)27-8-9-30-25-18(13-27)10-17(11-22(25)29-3)21-14-32-23-7-5-4-6-19(21)23/h4-7,10-11,14H,8-9,12-13H2,1-3H3. The molecule has 2 aromatic carbocycles. The van der Waals surface area contributed by atoms with E-state index in [1.165, 1.54) is 10.1 Å². The van der Waals surface area contributed by atoms with E-state index in [1.54, 1.807) is 18.4 Å². The van der Waals surface area contributed by atoms with E-state index >= 15 is 0 Å². The summed E-state index contributed by atoms with van der Waals surface area (Å²) in [6.45, 7) is 5.09. The molecule has 0 N–H and O–H groups in total. The van der Waals surface area contributed by atoms with Crippen molar-refractivity contribution < 1.29 is 18.8 Å². The Balaban J connectivity index is 1.50. The number of hydrogen-bond donors (Lipinski definition) is 0. The number of amides is 1. The molecule has 32 heavy (non-hydrogen) atoms. The minimum absolute atomic E-state index is 0.0289. The van der Waals surface area contributed by atoms with Gasteiger partial charge in [0.05, 0.1) is 25.8 Å². The molecule has 1 aliphatic rings. The molecule has 1 aliphatic heterocycles. The molecule has 7 heteroatoms. The van der Waals surface area contributed by atoms with Crippen LogP contribution in [0, 0.1) is 13.8 Å². The van der Waals surface area contributed by atoms with Crippen LogP contribution in [0.2, 0.25) is 0 Å². The molecule has 164 valence electrons. The summed E-state index contributed by atoms with van der Waals surface area (Å²) in [6, 6.07) is 12.5. The zero-order chi connectivity index (χ0) is 22.2. The molecule has 0 fully saturated rings. The van der Waals surface area contributed by atoms with Gasteiger partial charge >= 0.3 is 0 Å². The molecule has 0 spiro atoms. The maximum Gasteiger partial charge on any atom is 0.227 e. The second-order valence-corrected chi connectivity index (χ2v) is 8.87. The summed E-state index contributed by atoms with van der Waals surface area (Å²) in [5.74, 6) is 2.12. The molecule has 0 unspecified atom stereocenters. The summed E-state index contributed by atoms with van der Waals surface area (Å²) in [6.07, 6.45) is 0.266. The smallest absolute Gasteiger partial charge is 0.227 e. The van der Waals surface area contributed by atoms with Crippen molar-refractivity contribution in [1.82, 2.24) is 10.1 Å². The molecule has 2 aromatic heterocycles. The van der Waals surface area contributed by atoms with Crippen LogP contribution in [-0.2, 0) is 17.8 Å². The number of hydrogen-bond acceptors (Lipinski definition) is 6. The molecule has 0 aliphatic carbocycles. The van der Waals surface area contributed by atoms with E-state index in [2.05, 4.69) is 40.9 Å². The Bertz CT molecular complexity index is 1290. The quantitative estimate of drug-likeness (QED) is 0.432. The number of carbonyl (C=O) groups is 1. The first-order valence-corrected chi connectivity index (χ1v) is 11.4. The van der Waals surface area contributed by atoms with Crippen LogP contribution >= 0.6 is 11.3 Å². The molecular weight excluding hydrogens is 424 g/mol. The summed E-state index contributed by atoms with van der Waals surface area (Å²) in [5.41, 5.74) is 4.78. The lowest BCUT2D eigenvalue weighted by Gasteiger charge is -2.20. The first kappa shape index (κ1) is 20.6. The summed E-state index contributed by atoms with van der Waals surface area (Å²) < 4.78 is 18.2. The van der Waals surface area contributed by atoms with Gasteiger partial charge < -0.3 is 18.9 Å². The highest BCUT2D eigenvalue weighted by molar-refractivity contribution is 7.17. The molecule has 3 heterocycles. The van der Waals surface area contributed by atoms with E-state index in [9.17, 15) is 4.79 Å². The first-order valence-electron chi connectivity index (χ1n) is 10.5. The van der Waals surface area contributed by atoms with Crippen LogP contribution in [-0.4, -0.2) is 36.2 Å². The van der Waals surface area contributed by atoms with Crippen molar-refractivity contribution in [1.29, 1.82) is 0 Å². The summed E-state index contributed by atoms with van der Waals surface area (Å²) in [4.78, 5) is 15.0. The average molecular weight is 449 g/mol. The number of nitrogens with zero attached hydrogens (tertiary/aromatic N) is 2. The summed E-state index contributed by atoms with van der Waals surface area (Å²) >= 11 is 1.72. The van der Waals surface area contributed by atoms with Crippen LogP contribution in [0.3, 0.4) is 0 Å². The highest BCUT2D eigenvalue weighted by Gasteiger charge is 2.25. The van der Waals surface area contributed by atoms with Crippen LogP contribution in [0.15, 0.2) is 46.3 Å². The maximum absolute atomic E-state index is 13.1. The van der Waals surface area contributed by atoms with Crippen molar-refractivity contribution in [2.24, 2.45) is 0 Å². The summed E-state index contributed by atoms with van der Waals surface area (Å²) in [5, 5.41) is 7.35. The third kappa shape index (κ3) is 3.62. The first-order chi connectivity index (χ1) is 15.5. The Kier molecular flexibility index (Phi) is 5.35. The molecule has 0 atom stereocenters. The fourth-order valence-electron chi connectivity index (χ4n) is 4.22. The molecule has 6 nitrogen and oxygen atoms in total. The number of carbonyl (C=O) groups excluding carboxylic acids is 1. The minimum Gasteiger partial charge on any atom is -0.493 e. The van der Waals surface area contributed by atoms with Crippen molar-refractivity contribution in [2.75, 3.05) is 20.3 Å². The van der Waals surface area contributed by atoms with Crippen molar-refractivity contribution in [3.63, 3.8) is 0 Å². The second-order valence-electron chi connectivity index (χ2n) is 7.96. The zero-order valence-corrected chi connectivity index (χ0v) is 19.1. The SMILES string of the molecule is COc1cc(-c2csc3ccccc23)cc2c1OCCN(C(=O)Cc1c(C)noc1C)C2. The second kappa shape index (κ2) is 8.31. The van der Waals surface area contributed by atoms with Gasteiger partial charge in [-0.2, -0.15) is 0 Å². The van der Waals surface area contributed by atoms with Gasteiger partial charge in [-0.15, -0.1) is 11.3 Å². The molecule has 4 aromatic rings. The third-order valence-electron chi connectivity index (χ3n) is 5.97. The van der Waals surface area contributed by atoms with Crippen LogP contribution in [0.5, 0.6) is 11.5 Å². The Morgan fingerprint density at radius 3 is 2.88 bits per heavy atom. The summed E-state index contributed by atoms with van der Waals surface area (Å²) in [7, 11) is 1.65. The number of aromatic nitrogens is 1. The number of rotatable bonds is 4. The number of ether oxygens (including phenoxy) is 2. The highest BCUT2D eigenvalue weighted by Crippen LogP contribution is 2.41. The van der Waals surface area contributed by atoms with E-state index < -0.39 is 0 Å². The molecule has 0 saturated carbocycles. The van der Waals surface area contributed by atoms with Crippen LogP contribution in [0.4, 0.5) is 0 Å². The van der Waals surface area contributed by atoms with E-state index in [0.29, 0.717) is 37.0 Å². The van der Waals surface area contributed by atoms with Gasteiger partial charge in [0, 0.05) is 33.3 Å². The largest absolute Gasteiger partial charge is 0.493 e. The number of thiophene rings is 1. The molecule has 0 bridgehead atoms. The van der Waals surface area contributed by atoms with Crippen LogP contribution in [0.1, 0.15) is 22.6 Å². The fraction of sp³-hybridized carbons (Fsp3) is 0.280. The van der Waals surface area contributed by atoms with Crippen molar-refractivity contribution in [3.8, 4) is 22.6 Å². The van der Waals surface area contributed by atoms with Gasteiger partial charge in [-0.05, 0) is 43.0 Å². The van der Waals surface area contributed by atoms with E-state index in [1.807, 2.05) is 24.8 Å². The monoisotopic (exact) mass is 448 g/mol. The van der Waals surface area contributed by atoms with E-state index in [0.717, 1.165) is 27.9 Å². The Morgan fingerprint density at radius 1 is 1.25 bits per heavy atom. The number of methoxy groups -OCH3 is 1. The minimum atomic E-state index is 0.0289. The number of fused-ring (bicyclic) bond motifs is 2. The molecule has 0 saturated heterocycles. The topological polar surface area (TPSA) is 64.8 Å². The Morgan fingerprint density at radius 2 is 2.09 bits per heavy atom. The van der Waals surface area contributed by atoms with Crippen molar-refractivity contribution in [2.45, 2.75) is 26.8 Å². The Hall–Kier alpha value is -3.32. The molecular formula is C25H24N2O4S. The lowest BCUT2D eigenvalue weighted by atomic mass is 10.0.